The number of rotatable bonds is 4. The summed E-state index contributed by atoms with van der Waals surface area (Å²) in [5.41, 5.74) is 0.241. The predicted octanol–water partition coefficient (Wildman–Crippen LogP) is 2.47. The molecule has 188 valence electrons. The number of hydrogen-bond donors (Lipinski definition) is 2. The molecule has 0 bridgehead atoms. The van der Waals surface area contributed by atoms with E-state index in [-0.39, 0.29) is 35.9 Å². The van der Waals surface area contributed by atoms with Crippen LogP contribution >= 0.6 is 0 Å². The first-order chi connectivity index (χ1) is 17.0. The Kier molecular flexibility index (Phi) is 5.42. The fourth-order valence-corrected chi connectivity index (χ4v) is 4.93. The molecule has 3 atom stereocenters. The number of fused-ring (bicyclic) bond motifs is 5. The number of esters is 2. The number of benzene rings is 1. The van der Waals surface area contributed by atoms with Gasteiger partial charge in [-0.25, -0.2) is 9.78 Å². The van der Waals surface area contributed by atoms with Crippen LogP contribution in [0.5, 0.6) is 5.75 Å². The molecule has 2 unspecified atom stereocenters. The highest BCUT2D eigenvalue weighted by Gasteiger charge is 2.50. The molecule has 2 aliphatic heterocycles. The van der Waals surface area contributed by atoms with Crippen molar-refractivity contribution < 1.29 is 29.3 Å². The number of pyridine rings is 2. The molecule has 0 aliphatic carbocycles. The van der Waals surface area contributed by atoms with Crippen molar-refractivity contribution in [3.63, 3.8) is 0 Å². The van der Waals surface area contributed by atoms with Crippen LogP contribution < -0.4 is 5.56 Å². The summed E-state index contributed by atoms with van der Waals surface area (Å²) in [5, 5.41) is 22.8. The first-order valence-electron chi connectivity index (χ1n) is 11.7. The normalized spacial score (nSPS) is 21.1. The molecule has 0 amide bonds. The lowest BCUT2D eigenvalue weighted by Crippen LogP contribution is -2.46. The summed E-state index contributed by atoms with van der Waals surface area (Å²) in [5.74, 6) is -1.61. The van der Waals surface area contributed by atoms with Gasteiger partial charge in [0.05, 0.1) is 23.4 Å². The predicted molar refractivity (Wildman–Crippen MR) is 129 cm³/mol. The highest BCUT2D eigenvalue weighted by Crippen LogP contribution is 2.43. The van der Waals surface area contributed by atoms with Gasteiger partial charge < -0.3 is 29.2 Å². The standard InChI is InChI=1S/C26H27N3O7/c1-6-26(34)17-10-19-21-14(9-16-18(27-21)8-7-15(22(16)31)12(2)28(4)5)11-29(19)23(32)20(17)24(35-13(3)30)36-25(26)33/h7-10,12,24,31,34H,6,11H2,1-5H3/t12?,24?,26-/m0/s1. The van der Waals surface area contributed by atoms with E-state index in [2.05, 4.69) is 0 Å². The molecule has 2 aromatic heterocycles. The van der Waals surface area contributed by atoms with Crippen LogP contribution in [0.2, 0.25) is 0 Å². The maximum atomic E-state index is 13.6. The van der Waals surface area contributed by atoms with E-state index >= 15 is 0 Å². The largest absolute Gasteiger partial charge is 0.507 e. The summed E-state index contributed by atoms with van der Waals surface area (Å²) < 4.78 is 11.7. The van der Waals surface area contributed by atoms with E-state index in [0.29, 0.717) is 27.9 Å². The van der Waals surface area contributed by atoms with Gasteiger partial charge in [0.25, 0.3) is 11.8 Å². The molecular weight excluding hydrogens is 466 g/mol. The van der Waals surface area contributed by atoms with E-state index in [1.54, 1.807) is 13.0 Å². The minimum atomic E-state index is -2.07. The van der Waals surface area contributed by atoms with Gasteiger partial charge in [0, 0.05) is 35.0 Å². The molecule has 0 saturated heterocycles. The van der Waals surface area contributed by atoms with E-state index in [1.807, 2.05) is 44.1 Å². The third-order valence-electron chi connectivity index (χ3n) is 7.23. The zero-order chi connectivity index (χ0) is 26.1. The van der Waals surface area contributed by atoms with Crippen LogP contribution in [0.25, 0.3) is 22.3 Å². The Morgan fingerprint density at radius 3 is 2.69 bits per heavy atom. The molecule has 0 saturated carbocycles. The van der Waals surface area contributed by atoms with Gasteiger partial charge in [-0.15, -0.1) is 0 Å². The van der Waals surface area contributed by atoms with Crippen molar-refractivity contribution in [3.05, 3.63) is 56.9 Å². The molecule has 4 heterocycles. The van der Waals surface area contributed by atoms with Crippen LogP contribution in [0.1, 0.15) is 61.8 Å². The van der Waals surface area contributed by atoms with Crippen LogP contribution in [0.3, 0.4) is 0 Å². The molecule has 36 heavy (non-hydrogen) atoms. The third-order valence-corrected chi connectivity index (χ3v) is 7.23. The van der Waals surface area contributed by atoms with Crippen LogP contribution in [0, 0.1) is 0 Å². The summed E-state index contributed by atoms with van der Waals surface area (Å²) >= 11 is 0. The van der Waals surface area contributed by atoms with E-state index < -0.39 is 29.4 Å². The fraction of sp³-hybridized carbons (Fsp3) is 0.385. The second kappa shape index (κ2) is 8.14. The third kappa shape index (κ3) is 3.32. The Bertz CT molecular complexity index is 1510. The first-order valence-corrected chi connectivity index (χ1v) is 11.7. The van der Waals surface area contributed by atoms with Crippen LogP contribution in [0.4, 0.5) is 0 Å². The second-order valence-electron chi connectivity index (χ2n) is 9.51. The number of cyclic esters (lactones) is 1. The van der Waals surface area contributed by atoms with Gasteiger partial charge in [-0.05, 0) is 45.6 Å². The number of aromatic hydroxyl groups is 1. The maximum Gasteiger partial charge on any atom is 0.346 e. The molecule has 2 aliphatic rings. The number of hydrogen-bond acceptors (Lipinski definition) is 9. The van der Waals surface area contributed by atoms with Crippen LogP contribution in [0.15, 0.2) is 29.1 Å². The number of phenols is 1. The van der Waals surface area contributed by atoms with E-state index in [1.165, 1.54) is 4.57 Å². The van der Waals surface area contributed by atoms with Crippen molar-refractivity contribution in [3.8, 4) is 17.1 Å². The molecule has 5 rings (SSSR count). The number of nitrogens with zero attached hydrogens (tertiary/aromatic N) is 3. The van der Waals surface area contributed by atoms with Gasteiger partial charge in [0.15, 0.2) is 5.60 Å². The molecule has 0 fully saturated rings. The lowest BCUT2D eigenvalue weighted by atomic mass is 9.85. The molecule has 1 aromatic carbocycles. The SMILES string of the molecule is CC[C@@]1(O)C(=O)OC(OC(C)=O)c2c1cc1n(c2=O)Cc2cc3c(O)c(C(C)N(C)C)ccc3nc2-1. The van der Waals surface area contributed by atoms with Gasteiger partial charge in [-0.2, -0.15) is 0 Å². The van der Waals surface area contributed by atoms with Crippen LogP contribution in [-0.2, 0) is 31.2 Å². The molecule has 10 heteroatoms. The molecule has 3 aromatic rings. The highest BCUT2D eigenvalue weighted by atomic mass is 16.7. The monoisotopic (exact) mass is 493 g/mol. The smallest absolute Gasteiger partial charge is 0.346 e. The van der Waals surface area contributed by atoms with Crippen molar-refractivity contribution in [2.75, 3.05) is 14.1 Å². The number of carbonyl (C=O) groups is 2. The maximum absolute atomic E-state index is 13.6. The Morgan fingerprint density at radius 1 is 1.33 bits per heavy atom. The Labute approximate surface area is 206 Å². The number of carbonyl (C=O) groups excluding carboxylic acids is 2. The number of aromatic nitrogens is 2. The quantitative estimate of drug-likeness (QED) is 0.412. The topological polar surface area (TPSA) is 131 Å². The zero-order valence-electron chi connectivity index (χ0n) is 20.7. The minimum Gasteiger partial charge on any atom is -0.507 e. The summed E-state index contributed by atoms with van der Waals surface area (Å²) in [7, 11) is 3.85. The summed E-state index contributed by atoms with van der Waals surface area (Å²) in [6.07, 6.45) is -1.61. The fourth-order valence-electron chi connectivity index (χ4n) is 4.93. The van der Waals surface area contributed by atoms with Crippen LogP contribution in [-0.4, -0.2) is 50.7 Å². The van der Waals surface area contributed by atoms with Gasteiger partial charge in [-0.3, -0.25) is 9.59 Å². The Hall–Kier alpha value is -3.76. The first kappa shape index (κ1) is 24.0. The molecule has 0 spiro atoms. The average Bonchev–Trinajstić information content (AvgIpc) is 3.18. The molecular formula is C26H27N3O7. The minimum absolute atomic E-state index is 0.0309. The Balaban J connectivity index is 1.73. The zero-order valence-corrected chi connectivity index (χ0v) is 20.7. The van der Waals surface area contributed by atoms with Gasteiger partial charge in [0.2, 0.25) is 0 Å². The number of ether oxygens (including phenoxy) is 2. The lowest BCUT2D eigenvalue weighted by molar-refractivity contribution is -0.210. The van der Waals surface area contributed by atoms with E-state index in [9.17, 15) is 24.6 Å². The van der Waals surface area contributed by atoms with E-state index in [0.717, 1.165) is 12.5 Å². The van der Waals surface area contributed by atoms with Crippen molar-refractivity contribution >= 4 is 22.8 Å². The summed E-state index contributed by atoms with van der Waals surface area (Å²) in [6.45, 7) is 4.87. The van der Waals surface area contributed by atoms with Crippen molar-refractivity contribution in [1.82, 2.24) is 14.5 Å². The number of aliphatic hydroxyl groups is 1. The lowest BCUT2D eigenvalue weighted by Gasteiger charge is -2.35. The Morgan fingerprint density at radius 2 is 2.06 bits per heavy atom. The average molecular weight is 494 g/mol. The van der Waals surface area contributed by atoms with Crippen molar-refractivity contribution in [2.45, 2.75) is 51.7 Å². The molecule has 2 N–H and O–H groups in total. The highest BCUT2D eigenvalue weighted by molar-refractivity contribution is 5.90. The summed E-state index contributed by atoms with van der Waals surface area (Å²) in [4.78, 5) is 44.7. The van der Waals surface area contributed by atoms with Gasteiger partial charge in [-0.1, -0.05) is 13.0 Å². The van der Waals surface area contributed by atoms with Gasteiger partial charge >= 0.3 is 11.9 Å². The second-order valence-corrected chi connectivity index (χ2v) is 9.51. The van der Waals surface area contributed by atoms with E-state index in [4.69, 9.17) is 14.5 Å². The molecule has 0 radical (unpaired) electrons. The van der Waals surface area contributed by atoms with Crippen molar-refractivity contribution in [2.24, 2.45) is 0 Å². The van der Waals surface area contributed by atoms with Crippen molar-refractivity contribution in [1.29, 1.82) is 0 Å². The summed E-state index contributed by atoms with van der Waals surface area (Å²) in [6, 6.07) is 6.97. The van der Waals surface area contributed by atoms with Gasteiger partial charge in [0.1, 0.15) is 11.3 Å². The molecule has 10 nitrogen and oxygen atoms in total. The number of phenolic OH excluding ortho intramolecular Hbond substituents is 1.